The number of rotatable bonds is 2. The van der Waals surface area contributed by atoms with Crippen LogP contribution in [0.4, 0.5) is 5.69 Å². The van der Waals surface area contributed by atoms with Crippen molar-refractivity contribution < 1.29 is 9.26 Å². The van der Waals surface area contributed by atoms with E-state index in [0.717, 1.165) is 29.5 Å². The van der Waals surface area contributed by atoms with Gasteiger partial charge in [-0.05, 0) is 38.0 Å². The molecule has 0 amide bonds. The first-order valence-electron chi connectivity index (χ1n) is 6.12. The van der Waals surface area contributed by atoms with Crippen LogP contribution in [-0.4, -0.2) is 16.7 Å². The van der Waals surface area contributed by atoms with Crippen molar-refractivity contribution in [1.29, 1.82) is 0 Å². The van der Waals surface area contributed by atoms with Gasteiger partial charge in [-0.2, -0.15) is 4.98 Å². The highest BCUT2D eigenvalue weighted by Crippen LogP contribution is 2.35. The Morgan fingerprint density at radius 3 is 2.95 bits per heavy atom. The quantitative estimate of drug-likeness (QED) is 0.859. The summed E-state index contributed by atoms with van der Waals surface area (Å²) in [6, 6.07) is 5.56. The molecule has 1 aromatic heterocycles. The molecule has 1 atom stereocenters. The second kappa shape index (κ2) is 4.61. The molecular weight excluding hydrogens is 310 g/mol. The number of anilines is 1. The minimum atomic E-state index is -0.439. The molecule has 0 aliphatic carbocycles. The molecule has 1 aromatic carbocycles. The van der Waals surface area contributed by atoms with Crippen LogP contribution in [0, 0.1) is 0 Å². The molecular formula is C13H14BrN3O2. The molecule has 1 aliphatic heterocycles. The molecule has 3 rings (SSSR count). The number of ether oxygens (including phenoxy) is 1. The molecule has 1 unspecified atom stereocenters. The lowest BCUT2D eigenvalue weighted by atomic mass is 10.0. The number of hydrogen-bond acceptors (Lipinski definition) is 5. The molecule has 19 heavy (non-hydrogen) atoms. The largest absolute Gasteiger partial charge is 0.398 e. The first kappa shape index (κ1) is 12.6. The van der Waals surface area contributed by atoms with E-state index >= 15 is 0 Å². The van der Waals surface area contributed by atoms with Gasteiger partial charge in [-0.15, -0.1) is 0 Å². The van der Waals surface area contributed by atoms with Gasteiger partial charge in [0.05, 0.1) is 5.56 Å². The second-order valence-electron chi connectivity index (χ2n) is 4.84. The van der Waals surface area contributed by atoms with Crippen molar-refractivity contribution in [3.05, 3.63) is 28.5 Å². The first-order valence-corrected chi connectivity index (χ1v) is 6.91. The van der Waals surface area contributed by atoms with Gasteiger partial charge in [-0.1, -0.05) is 21.1 Å². The van der Waals surface area contributed by atoms with Gasteiger partial charge < -0.3 is 15.0 Å². The van der Waals surface area contributed by atoms with Crippen molar-refractivity contribution in [3.63, 3.8) is 0 Å². The van der Waals surface area contributed by atoms with Crippen LogP contribution in [0.3, 0.4) is 0 Å². The lowest BCUT2D eigenvalue weighted by Crippen LogP contribution is -2.21. The monoisotopic (exact) mass is 323 g/mol. The van der Waals surface area contributed by atoms with E-state index in [9.17, 15) is 0 Å². The summed E-state index contributed by atoms with van der Waals surface area (Å²) in [6.07, 6.45) is 1.92. The van der Waals surface area contributed by atoms with E-state index in [4.69, 9.17) is 15.0 Å². The minimum absolute atomic E-state index is 0.428. The third-order valence-corrected chi connectivity index (χ3v) is 3.86. The molecule has 2 aromatic rings. The molecule has 1 fully saturated rings. The van der Waals surface area contributed by atoms with Crippen molar-refractivity contribution in [2.24, 2.45) is 0 Å². The molecule has 0 radical (unpaired) electrons. The van der Waals surface area contributed by atoms with Crippen molar-refractivity contribution >= 4 is 21.6 Å². The van der Waals surface area contributed by atoms with E-state index in [1.165, 1.54) is 0 Å². The highest BCUT2D eigenvalue weighted by Gasteiger charge is 2.36. The molecule has 2 N–H and O–H groups in total. The highest BCUT2D eigenvalue weighted by atomic mass is 79.9. The molecule has 0 saturated carbocycles. The number of hydrogen-bond donors (Lipinski definition) is 1. The molecule has 0 bridgehead atoms. The Bertz CT molecular complexity index is 606. The summed E-state index contributed by atoms with van der Waals surface area (Å²) in [5.41, 5.74) is 6.86. The van der Waals surface area contributed by atoms with Crippen LogP contribution in [0.5, 0.6) is 0 Å². The van der Waals surface area contributed by atoms with Gasteiger partial charge in [0, 0.05) is 16.8 Å². The van der Waals surface area contributed by atoms with Gasteiger partial charge in [-0.3, -0.25) is 0 Å². The summed E-state index contributed by atoms with van der Waals surface area (Å²) in [7, 11) is 0. The molecule has 100 valence electrons. The second-order valence-corrected chi connectivity index (χ2v) is 5.75. The van der Waals surface area contributed by atoms with E-state index in [2.05, 4.69) is 26.1 Å². The summed E-state index contributed by atoms with van der Waals surface area (Å²) in [5, 5.41) is 4.03. The summed E-state index contributed by atoms with van der Waals surface area (Å²) in [6.45, 7) is 2.72. The Labute approximate surface area is 119 Å². The first-order chi connectivity index (χ1) is 9.08. The number of halogens is 1. The molecule has 1 aliphatic rings. The van der Waals surface area contributed by atoms with Gasteiger partial charge in [0.1, 0.15) is 5.60 Å². The van der Waals surface area contributed by atoms with E-state index in [-0.39, 0.29) is 0 Å². The third-order valence-electron chi connectivity index (χ3n) is 3.36. The predicted molar refractivity (Wildman–Crippen MR) is 74.4 cm³/mol. The number of nitrogens with two attached hydrogens (primary N) is 1. The van der Waals surface area contributed by atoms with Crippen molar-refractivity contribution in [3.8, 4) is 11.5 Å². The number of nitrogens with zero attached hydrogens (tertiary/aromatic N) is 2. The zero-order valence-corrected chi connectivity index (χ0v) is 12.1. The summed E-state index contributed by atoms with van der Waals surface area (Å²) in [5.74, 6) is 1.01. The van der Waals surface area contributed by atoms with Crippen LogP contribution in [0.25, 0.3) is 11.5 Å². The highest BCUT2D eigenvalue weighted by molar-refractivity contribution is 9.10. The van der Waals surface area contributed by atoms with Crippen LogP contribution >= 0.6 is 15.9 Å². The van der Waals surface area contributed by atoms with E-state index in [1.54, 1.807) is 0 Å². The number of aromatic nitrogens is 2. The molecule has 2 heterocycles. The maximum atomic E-state index is 5.96. The van der Waals surface area contributed by atoms with E-state index < -0.39 is 5.60 Å². The smallest absolute Gasteiger partial charge is 0.260 e. The average molecular weight is 324 g/mol. The van der Waals surface area contributed by atoms with Gasteiger partial charge in [0.2, 0.25) is 5.82 Å². The topological polar surface area (TPSA) is 74.2 Å². The fourth-order valence-electron chi connectivity index (χ4n) is 2.23. The summed E-state index contributed by atoms with van der Waals surface area (Å²) in [4.78, 5) is 4.43. The molecule has 0 spiro atoms. The maximum absolute atomic E-state index is 5.96. The van der Waals surface area contributed by atoms with E-state index in [0.29, 0.717) is 17.4 Å². The standard InChI is InChI=1S/C13H14BrN3O2/c1-13(5-2-6-18-13)12-16-11(19-17-12)9-4-3-8(14)7-10(9)15/h3-4,7H,2,5-6,15H2,1H3. The third kappa shape index (κ3) is 2.26. The fraction of sp³-hybridized carbons (Fsp3) is 0.385. The number of nitrogen functional groups attached to an aromatic ring is 1. The van der Waals surface area contributed by atoms with Crippen molar-refractivity contribution in [2.75, 3.05) is 12.3 Å². The zero-order chi connectivity index (χ0) is 13.5. The lowest BCUT2D eigenvalue weighted by Gasteiger charge is -2.17. The fourth-order valence-corrected chi connectivity index (χ4v) is 2.61. The van der Waals surface area contributed by atoms with Crippen LogP contribution in [-0.2, 0) is 10.3 Å². The van der Waals surface area contributed by atoms with Gasteiger partial charge >= 0.3 is 0 Å². The maximum Gasteiger partial charge on any atom is 0.260 e. The minimum Gasteiger partial charge on any atom is -0.398 e. The molecule has 5 nitrogen and oxygen atoms in total. The van der Waals surface area contributed by atoms with Crippen LogP contribution in [0.2, 0.25) is 0 Å². The Kier molecular flexibility index (Phi) is 3.06. The Morgan fingerprint density at radius 2 is 2.26 bits per heavy atom. The lowest BCUT2D eigenvalue weighted by molar-refractivity contribution is 0.00768. The molecule has 6 heteroatoms. The Morgan fingerprint density at radius 1 is 1.42 bits per heavy atom. The van der Waals surface area contributed by atoms with Crippen LogP contribution in [0.1, 0.15) is 25.6 Å². The zero-order valence-electron chi connectivity index (χ0n) is 10.5. The van der Waals surface area contributed by atoms with Gasteiger partial charge in [-0.25, -0.2) is 0 Å². The SMILES string of the molecule is CC1(c2noc(-c3ccc(Br)cc3N)n2)CCCO1. The summed E-state index contributed by atoms with van der Waals surface area (Å²) >= 11 is 3.37. The van der Waals surface area contributed by atoms with E-state index in [1.807, 2.05) is 25.1 Å². The summed E-state index contributed by atoms with van der Waals surface area (Å²) < 4.78 is 11.9. The van der Waals surface area contributed by atoms with Gasteiger partial charge in [0.15, 0.2) is 0 Å². The Hall–Kier alpha value is -1.40. The number of benzene rings is 1. The van der Waals surface area contributed by atoms with Gasteiger partial charge in [0.25, 0.3) is 5.89 Å². The average Bonchev–Trinajstić information content (AvgIpc) is 2.99. The normalized spacial score (nSPS) is 22.8. The van der Waals surface area contributed by atoms with Crippen LogP contribution < -0.4 is 5.73 Å². The van der Waals surface area contributed by atoms with Crippen LogP contribution in [0.15, 0.2) is 27.2 Å². The van der Waals surface area contributed by atoms with Crippen molar-refractivity contribution in [1.82, 2.24) is 10.1 Å². The predicted octanol–water partition coefficient (Wildman–Crippen LogP) is 3.11. The molecule has 1 saturated heterocycles. The van der Waals surface area contributed by atoms with Crippen molar-refractivity contribution in [2.45, 2.75) is 25.4 Å². The Balaban J connectivity index is 1.97.